The number of ether oxygens (including phenoxy) is 1. The summed E-state index contributed by atoms with van der Waals surface area (Å²) >= 11 is 0. The van der Waals surface area contributed by atoms with E-state index in [0.29, 0.717) is 12.8 Å². The molecule has 2 atom stereocenters. The van der Waals surface area contributed by atoms with Crippen molar-refractivity contribution in [1.82, 2.24) is 5.32 Å². The fraction of sp³-hybridized carbons (Fsp3) is 0.929. The minimum Gasteiger partial charge on any atom is -0.378 e. The Hall–Kier alpha value is -0.820. The molecule has 0 saturated heterocycles. The molecule has 4 nitrogen and oxygen atoms in total. The van der Waals surface area contributed by atoms with Gasteiger partial charge >= 0.3 is 6.18 Å². The van der Waals surface area contributed by atoms with Crippen LogP contribution >= 0.6 is 0 Å². The van der Waals surface area contributed by atoms with Crippen LogP contribution in [0.5, 0.6) is 0 Å². The maximum atomic E-state index is 12.1. The highest BCUT2D eigenvalue weighted by Crippen LogP contribution is 2.31. The Balaban J connectivity index is 2.48. The standard InChI is InChI=1S/C14H25F3N2O2/c1-10(2)19-13(12(18)20)6-3-5-11(9-13)21-8-4-7-14(15,16)17/h10-11,19H,3-9H2,1-2H3,(H2,18,20). The van der Waals surface area contributed by atoms with Gasteiger partial charge in [0.2, 0.25) is 5.91 Å². The van der Waals surface area contributed by atoms with Gasteiger partial charge < -0.3 is 15.8 Å². The number of primary amides is 1. The zero-order valence-corrected chi connectivity index (χ0v) is 12.6. The van der Waals surface area contributed by atoms with Crippen LogP contribution in [-0.4, -0.2) is 36.4 Å². The second-order valence-corrected chi connectivity index (χ2v) is 6.05. The fourth-order valence-electron chi connectivity index (χ4n) is 2.87. The van der Waals surface area contributed by atoms with Gasteiger partial charge in [-0.05, 0) is 39.5 Å². The molecule has 0 aromatic rings. The van der Waals surface area contributed by atoms with Crippen molar-refractivity contribution in [2.24, 2.45) is 5.73 Å². The summed E-state index contributed by atoms with van der Waals surface area (Å²) in [7, 11) is 0. The van der Waals surface area contributed by atoms with Crippen LogP contribution in [0.2, 0.25) is 0 Å². The minimum atomic E-state index is -4.15. The maximum absolute atomic E-state index is 12.1. The average Bonchev–Trinajstić information content (AvgIpc) is 2.33. The Morgan fingerprint density at radius 1 is 1.48 bits per heavy atom. The van der Waals surface area contributed by atoms with E-state index in [9.17, 15) is 18.0 Å². The van der Waals surface area contributed by atoms with E-state index in [0.717, 1.165) is 12.8 Å². The van der Waals surface area contributed by atoms with Crippen LogP contribution in [0, 0.1) is 0 Å². The molecule has 0 aliphatic heterocycles. The Morgan fingerprint density at radius 2 is 2.14 bits per heavy atom. The zero-order chi connectivity index (χ0) is 16.1. The molecule has 1 amide bonds. The van der Waals surface area contributed by atoms with Crippen molar-refractivity contribution in [1.29, 1.82) is 0 Å². The van der Waals surface area contributed by atoms with Crippen LogP contribution < -0.4 is 11.1 Å². The van der Waals surface area contributed by atoms with Crippen molar-refractivity contribution in [2.75, 3.05) is 6.61 Å². The first-order valence-electron chi connectivity index (χ1n) is 7.40. The van der Waals surface area contributed by atoms with E-state index in [1.165, 1.54) is 0 Å². The van der Waals surface area contributed by atoms with Crippen molar-refractivity contribution in [2.45, 2.75) is 76.2 Å². The number of carbonyl (C=O) groups excluding carboxylic acids is 1. The quantitative estimate of drug-likeness (QED) is 0.710. The van der Waals surface area contributed by atoms with E-state index < -0.39 is 24.0 Å². The molecule has 0 bridgehead atoms. The molecule has 0 radical (unpaired) electrons. The molecule has 124 valence electrons. The topological polar surface area (TPSA) is 64.3 Å². The molecule has 1 aliphatic rings. The van der Waals surface area contributed by atoms with E-state index in [2.05, 4.69) is 5.32 Å². The summed E-state index contributed by atoms with van der Waals surface area (Å²) in [5.41, 5.74) is 4.71. The molecule has 2 unspecified atom stereocenters. The van der Waals surface area contributed by atoms with Gasteiger partial charge in [-0.25, -0.2) is 0 Å². The molecule has 1 aliphatic carbocycles. The Morgan fingerprint density at radius 3 is 2.67 bits per heavy atom. The van der Waals surface area contributed by atoms with Crippen molar-refractivity contribution in [3.8, 4) is 0 Å². The molecule has 0 aromatic carbocycles. The van der Waals surface area contributed by atoms with Gasteiger partial charge in [0.25, 0.3) is 0 Å². The normalized spacial score (nSPS) is 27.0. The molecular formula is C14H25F3N2O2. The molecule has 1 fully saturated rings. The number of hydrogen-bond acceptors (Lipinski definition) is 3. The van der Waals surface area contributed by atoms with Crippen molar-refractivity contribution < 1.29 is 22.7 Å². The van der Waals surface area contributed by atoms with Gasteiger partial charge in [0.1, 0.15) is 5.54 Å². The van der Waals surface area contributed by atoms with Crippen LogP contribution in [0.15, 0.2) is 0 Å². The minimum absolute atomic E-state index is 0.0544. The van der Waals surface area contributed by atoms with Gasteiger partial charge in [0.15, 0.2) is 0 Å². The van der Waals surface area contributed by atoms with Crippen LogP contribution in [0.25, 0.3) is 0 Å². The lowest BCUT2D eigenvalue weighted by molar-refractivity contribution is -0.140. The molecule has 21 heavy (non-hydrogen) atoms. The van der Waals surface area contributed by atoms with Crippen LogP contribution in [0.3, 0.4) is 0 Å². The number of halogens is 3. The van der Waals surface area contributed by atoms with Gasteiger partial charge in [0.05, 0.1) is 6.10 Å². The summed E-state index contributed by atoms with van der Waals surface area (Å²) in [5, 5.41) is 3.20. The fourth-order valence-corrected chi connectivity index (χ4v) is 2.87. The Labute approximate surface area is 123 Å². The first-order chi connectivity index (χ1) is 9.65. The predicted octanol–water partition coefficient (Wildman–Crippen LogP) is 2.51. The molecule has 0 heterocycles. The summed E-state index contributed by atoms with van der Waals surface area (Å²) in [4.78, 5) is 11.8. The molecular weight excluding hydrogens is 285 g/mol. The van der Waals surface area contributed by atoms with E-state index in [1.807, 2.05) is 13.8 Å². The van der Waals surface area contributed by atoms with Crippen molar-refractivity contribution >= 4 is 5.91 Å². The van der Waals surface area contributed by atoms with E-state index in [1.54, 1.807) is 0 Å². The summed E-state index contributed by atoms with van der Waals surface area (Å²) < 4.78 is 41.7. The second kappa shape index (κ2) is 7.45. The number of alkyl halides is 3. The molecule has 0 spiro atoms. The van der Waals surface area contributed by atoms with Gasteiger partial charge in [0, 0.05) is 25.5 Å². The average molecular weight is 310 g/mol. The Bertz CT molecular complexity index is 348. The first-order valence-corrected chi connectivity index (χ1v) is 7.40. The SMILES string of the molecule is CC(C)NC1(C(N)=O)CCCC(OCCCC(F)(F)F)C1. The van der Waals surface area contributed by atoms with Crippen LogP contribution in [0.1, 0.15) is 52.4 Å². The molecule has 3 N–H and O–H groups in total. The van der Waals surface area contributed by atoms with E-state index in [4.69, 9.17) is 10.5 Å². The van der Waals surface area contributed by atoms with Gasteiger partial charge in [-0.1, -0.05) is 0 Å². The van der Waals surface area contributed by atoms with Gasteiger partial charge in [-0.15, -0.1) is 0 Å². The third-order valence-electron chi connectivity index (χ3n) is 3.70. The lowest BCUT2D eigenvalue weighted by atomic mass is 9.79. The largest absolute Gasteiger partial charge is 0.389 e. The van der Waals surface area contributed by atoms with Crippen LogP contribution in [-0.2, 0) is 9.53 Å². The molecule has 0 aromatic heterocycles. The monoisotopic (exact) mass is 310 g/mol. The second-order valence-electron chi connectivity index (χ2n) is 6.05. The molecule has 1 saturated carbocycles. The van der Waals surface area contributed by atoms with Gasteiger partial charge in [-0.2, -0.15) is 13.2 Å². The highest BCUT2D eigenvalue weighted by atomic mass is 19.4. The number of hydrogen-bond donors (Lipinski definition) is 2. The Kier molecular flexibility index (Phi) is 6.46. The summed E-state index contributed by atoms with van der Waals surface area (Å²) in [6, 6.07) is 0.0986. The smallest absolute Gasteiger partial charge is 0.378 e. The number of carbonyl (C=O) groups is 1. The first kappa shape index (κ1) is 18.2. The number of nitrogens with one attached hydrogen (secondary N) is 1. The highest BCUT2D eigenvalue weighted by Gasteiger charge is 2.42. The maximum Gasteiger partial charge on any atom is 0.389 e. The third kappa shape index (κ3) is 6.22. The lowest BCUT2D eigenvalue weighted by Gasteiger charge is -2.40. The lowest BCUT2D eigenvalue weighted by Crippen LogP contribution is -2.60. The van der Waals surface area contributed by atoms with E-state index >= 15 is 0 Å². The summed E-state index contributed by atoms with van der Waals surface area (Å²) in [6.45, 7) is 3.91. The number of nitrogens with two attached hydrogens (primary N) is 1. The van der Waals surface area contributed by atoms with E-state index in [-0.39, 0.29) is 25.2 Å². The van der Waals surface area contributed by atoms with Crippen molar-refractivity contribution in [3.05, 3.63) is 0 Å². The summed E-state index contributed by atoms with van der Waals surface area (Å²) in [6.07, 6.45) is -2.67. The zero-order valence-electron chi connectivity index (χ0n) is 12.6. The summed E-state index contributed by atoms with van der Waals surface area (Å²) in [5.74, 6) is -0.417. The molecule has 1 rings (SSSR count). The van der Waals surface area contributed by atoms with Crippen molar-refractivity contribution in [3.63, 3.8) is 0 Å². The van der Waals surface area contributed by atoms with Crippen LogP contribution in [0.4, 0.5) is 13.2 Å². The number of amides is 1. The highest BCUT2D eigenvalue weighted by molar-refractivity contribution is 5.84. The number of rotatable bonds is 7. The third-order valence-corrected chi connectivity index (χ3v) is 3.70. The molecule has 7 heteroatoms. The van der Waals surface area contributed by atoms with Gasteiger partial charge in [-0.3, -0.25) is 4.79 Å². The predicted molar refractivity (Wildman–Crippen MR) is 73.7 cm³/mol.